The fourth-order valence-electron chi connectivity index (χ4n) is 1.54. The number of hydrogen-bond donors (Lipinski definition) is 1. The summed E-state index contributed by atoms with van der Waals surface area (Å²) in [6, 6.07) is 4.91. The smallest absolute Gasteiger partial charge is 0.419 e. The Morgan fingerprint density at radius 2 is 1.90 bits per heavy atom. The van der Waals surface area contributed by atoms with Gasteiger partial charge in [0.1, 0.15) is 5.75 Å². The molecule has 0 atom stereocenters. The molecule has 1 aromatic carbocycles. The minimum Gasteiger partial charge on any atom is -0.483 e. The lowest BCUT2D eigenvalue weighted by Crippen LogP contribution is -2.30. The molecule has 0 bridgehead atoms. The number of rotatable bonds is 4. The average molecular weight is 301 g/mol. The number of hydrogen-bond acceptors (Lipinski definition) is 5. The number of ether oxygens (including phenoxy) is 1. The molecule has 0 spiro atoms. The number of nitrogens with zero attached hydrogens (tertiary/aromatic N) is 2. The predicted octanol–water partition coefficient (Wildman–Crippen LogP) is 2.86. The highest BCUT2D eigenvalue weighted by Crippen LogP contribution is 2.36. The van der Waals surface area contributed by atoms with E-state index in [0.717, 1.165) is 6.07 Å². The molecule has 0 unspecified atom stereocenters. The van der Waals surface area contributed by atoms with Gasteiger partial charge in [-0.3, -0.25) is 0 Å². The second-order valence-electron chi connectivity index (χ2n) is 5.02. The largest absolute Gasteiger partial charge is 0.483 e. The molecule has 5 nitrogen and oxygen atoms in total. The monoisotopic (exact) mass is 301 g/mol. The summed E-state index contributed by atoms with van der Waals surface area (Å²) < 4.78 is 48.4. The van der Waals surface area contributed by atoms with Crippen LogP contribution < -0.4 is 10.5 Å². The lowest BCUT2D eigenvalue weighted by molar-refractivity contribution is -0.139. The van der Waals surface area contributed by atoms with Crippen molar-refractivity contribution in [3.63, 3.8) is 0 Å². The first kappa shape index (κ1) is 15.3. The maximum atomic E-state index is 12.8. The molecule has 0 saturated heterocycles. The van der Waals surface area contributed by atoms with Crippen LogP contribution in [-0.4, -0.2) is 10.1 Å². The van der Waals surface area contributed by atoms with Crippen LogP contribution in [-0.2, 0) is 18.3 Å². The van der Waals surface area contributed by atoms with E-state index in [1.165, 1.54) is 18.2 Å². The molecule has 0 aliphatic rings. The first-order chi connectivity index (χ1) is 9.68. The van der Waals surface area contributed by atoms with E-state index < -0.39 is 17.3 Å². The molecule has 2 N–H and O–H groups in total. The van der Waals surface area contributed by atoms with Crippen molar-refractivity contribution in [2.24, 2.45) is 5.73 Å². The summed E-state index contributed by atoms with van der Waals surface area (Å²) in [5.41, 5.74) is 4.13. The fourth-order valence-corrected chi connectivity index (χ4v) is 1.54. The van der Waals surface area contributed by atoms with Crippen LogP contribution in [0.15, 0.2) is 28.8 Å². The van der Waals surface area contributed by atoms with Crippen LogP contribution >= 0.6 is 0 Å². The van der Waals surface area contributed by atoms with Crippen molar-refractivity contribution in [3.05, 3.63) is 41.5 Å². The Morgan fingerprint density at radius 3 is 2.48 bits per heavy atom. The molecule has 0 saturated carbocycles. The van der Waals surface area contributed by atoms with Gasteiger partial charge in [0.2, 0.25) is 0 Å². The van der Waals surface area contributed by atoms with E-state index in [9.17, 15) is 13.2 Å². The van der Waals surface area contributed by atoms with Gasteiger partial charge in [0.15, 0.2) is 12.4 Å². The van der Waals surface area contributed by atoms with Gasteiger partial charge in [-0.25, -0.2) is 0 Å². The first-order valence-electron chi connectivity index (χ1n) is 6.09. The van der Waals surface area contributed by atoms with Gasteiger partial charge in [-0.2, -0.15) is 18.2 Å². The van der Waals surface area contributed by atoms with Gasteiger partial charge < -0.3 is 15.0 Å². The van der Waals surface area contributed by atoms with Gasteiger partial charge in [0.05, 0.1) is 11.1 Å². The zero-order valence-electron chi connectivity index (χ0n) is 11.4. The minimum atomic E-state index is -4.49. The Kier molecular flexibility index (Phi) is 3.91. The maximum absolute atomic E-state index is 12.8. The molecule has 0 aliphatic carbocycles. The molecule has 0 radical (unpaired) electrons. The Morgan fingerprint density at radius 1 is 1.24 bits per heavy atom. The standard InChI is InChI=1S/C13H14F3N3O2/c1-12(2,17)11-18-10(21-19-11)7-20-9-6-4-3-5-8(9)13(14,15)16/h3-6H,7,17H2,1-2H3. The van der Waals surface area contributed by atoms with E-state index in [0.29, 0.717) is 0 Å². The van der Waals surface area contributed by atoms with Crippen LogP contribution in [0.5, 0.6) is 5.75 Å². The SMILES string of the molecule is CC(C)(N)c1noc(COc2ccccc2C(F)(F)F)n1. The molecule has 0 fully saturated rings. The second kappa shape index (κ2) is 5.36. The molecule has 0 aliphatic heterocycles. The molecule has 114 valence electrons. The Bertz CT molecular complexity index is 618. The van der Waals surface area contributed by atoms with Crippen molar-refractivity contribution in [3.8, 4) is 5.75 Å². The number of para-hydroxylation sites is 1. The molecule has 2 aromatic rings. The summed E-state index contributed by atoms with van der Waals surface area (Å²) in [5, 5.41) is 3.66. The average Bonchev–Trinajstić information content (AvgIpc) is 2.84. The van der Waals surface area contributed by atoms with Crippen LogP contribution in [0.2, 0.25) is 0 Å². The highest BCUT2D eigenvalue weighted by Gasteiger charge is 2.34. The normalized spacial score (nSPS) is 12.5. The maximum Gasteiger partial charge on any atom is 0.419 e. The van der Waals surface area contributed by atoms with Crippen molar-refractivity contribution < 1.29 is 22.4 Å². The molecular weight excluding hydrogens is 287 g/mol. The third-order valence-electron chi connectivity index (χ3n) is 2.59. The topological polar surface area (TPSA) is 74.2 Å². The van der Waals surface area contributed by atoms with Gasteiger partial charge >= 0.3 is 6.18 Å². The molecule has 0 amide bonds. The van der Waals surface area contributed by atoms with Crippen LogP contribution in [0.1, 0.15) is 31.1 Å². The summed E-state index contributed by atoms with van der Waals surface area (Å²) in [5.74, 6) is 0.0162. The highest BCUT2D eigenvalue weighted by atomic mass is 19.4. The molecule has 1 heterocycles. The van der Waals surface area contributed by atoms with Crippen molar-refractivity contribution >= 4 is 0 Å². The molecule has 21 heavy (non-hydrogen) atoms. The fraction of sp³-hybridized carbons (Fsp3) is 0.385. The predicted molar refractivity (Wildman–Crippen MR) is 67.3 cm³/mol. The lowest BCUT2D eigenvalue weighted by atomic mass is 10.1. The van der Waals surface area contributed by atoms with Crippen molar-refractivity contribution in [2.75, 3.05) is 0 Å². The highest BCUT2D eigenvalue weighted by molar-refractivity contribution is 5.35. The molecule has 8 heteroatoms. The van der Waals surface area contributed by atoms with E-state index in [4.69, 9.17) is 15.0 Å². The number of alkyl halides is 3. The third-order valence-corrected chi connectivity index (χ3v) is 2.59. The van der Waals surface area contributed by atoms with Crippen LogP contribution in [0.25, 0.3) is 0 Å². The minimum absolute atomic E-state index is 0.0560. The van der Waals surface area contributed by atoms with Gasteiger partial charge in [0, 0.05) is 0 Å². The van der Waals surface area contributed by atoms with Crippen molar-refractivity contribution in [1.29, 1.82) is 0 Å². The Labute approximate surface area is 118 Å². The van der Waals surface area contributed by atoms with Crippen molar-refractivity contribution in [2.45, 2.75) is 32.2 Å². The number of aromatic nitrogens is 2. The summed E-state index contributed by atoms with van der Waals surface area (Å²) in [4.78, 5) is 3.98. The number of halogens is 3. The van der Waals surface area contributed by atoms with Gasteiger partial charge in [-0.05, 0) is 26.0 Å². The summed E-state index contributed by atoms with van der Waals surface area (Å²) in [6.45, 7) is 3.10. The number of benzene rings is 1. The van der Waals surface area contributed by atoms with E-state index in [-0.39, 0.29) is 24.1 Å². The quantitative estimate of drug-likeness (QED) is 0.940. The number of nitrogens with two attached hydrogens (primary N) is 1. The Balaban J connectivity index is 2.12. The lowest BCUT2D eigenvalue weighted by Gasteiger charge is -2.12. The van der Waals surface area contributed by atoms with Crippen LogP contribution in [0.3, 0.4) is 0 Å². The Hall–Kier alpha value is -2.09. The molecule has 2 rings (SSSR count). The zero-order chi connectivity index (χ0) is 15.7. The van der Waals surface area contributed by atoms with Crippen LogP contribution in [0.4, 0.5) is 13.2 Å². The van der Waals surface area contributed by atoms with Crippen molar-refractivity contribution in [1.82, 2.24) is 10.1 Å². The van der Waals surface area contributed by atoms with Gasteiger partial charge in [-0.15, -0.1) is 0 Å². The van der Waals surface area contributed by atoms with E-state index in [2.05, 4.69) is 10.1 Å². The first-order valence-corrected chi connectivity index (χ1v) is 6.09. The molecular formula is C13H14F3N3O2. The van der Waals surface area contributed by atoms with Gasteiger partial charge in [0.25, 0.3) is 5.89 Å². The zero-order valence-corrected chi connectivity index (χ0v) is 11.4. The summed E-state index contributed by atoms with van der Waals surface area (Å²) >= 11 is 0. The van der Waals surface area contributed by atoms with E-state index in [1.807, 2.05) is 0 Å². The third kappa shape index (κ3) is 3.72. The summed E-state index contributed by atoms with van der Waals surface area (Å²) in [7, 11) is 0. The van der Waals surface area contributed by atoms with E-state index >= 15 is 0 Å². The van der Waals surface area contributed by atoms with Gasteiger partial charge in [-0.1, -0.05) is 17.3 Å². The van der Waals surface area contributed by atoms with Crippen LogP contribution in [0, 0.1) is 0 Å². The molecule has 1 aromatic heterocycles. The summed E-state index contributed by atoms with van der Waals surface area (Å²) in [6.07, 6.45) is -4.49. The van der Waals surface area contributed by atoms with E-state index in [1.54, 1.807) is 13.8 Å². The second-order valence-corrected chi connectivity index (χ2v) is 5.02.